The average molecular weight is 421 g/mol. The summed E-state index contributed by atoms with van der Waals surface area (Å²) in [6.45, 7) is 2.54. The molecule has 0 aliphatic carbocycles. The summed E-state index contributed by atoms with van der Waals surface area (Å²) in [7, 11) is 0. The normalized spacial score (nSPS) is 15.1. The molecule has 1 heterocycles. The van der Waals surface area contributed by atoms with E-state index in [2.05, 4.69) is 10.2 Å². The molecule has 0 radical (unpaired) electrons. The van der Waals surface area contributed by atoms with Crippen LogP contribution in [0.25, 0.3) is 11.1 Å². The van der Waals surface area contributed by atoms with Crippen LogP contribution in [-0.4, -0.2) is 29.0 Å². The number of rotatable bonds is 5. The van der Waals surface area contributed by atoms with E-state index in [0.717, 1.165) is 54.9 Å². The molecule has 30 heavy (non-hydrogen) atoms. The summed E-state index contributed by atoms with van der Waals surface area (Å²) < 4.78 is 0. The fourth-order valence-electron chi connectivity index (χ4n) is 3.96. The molecule has 0 aromatic heterocycles. The number of anilines is 1. The molecule has 2 N–H and O–H groups in total. The number of phenolic OH excluding ortho intramolecular Hbond substituents is 1. The fraction of sp³-hybridized carbons (Fsp3) is 0.240. The highest BCUT2D eigenvalue weighted by molar-refractivity contribution is 6.30. The minimum absolute atomic E-state index is 0.0141. The van der Waals surface area contributed by atoms with Gasteiger partial charge in [0.1, 0.15) is 5.75 Å². The minimum atomic E-state index is 0.0141. The lowest BCUT2D eigenvalue weighted by Gasteiger charge is -2.31. The maximum absolute atomic E-state index is 12.8. The number of hydrogen-bond donors (Lipinski definition) is 2. The van der Waals surface area contributed by atoms with Crippen LogP contribution >= 0.6 is 11.6 Å². The highest BCUT2D eigenvalue weighted by Crippen LogP contribution is 2.26. The third-order valence-corrected chi connectivity index (χ3v) is 5.80. The van der Waals surface area contributed by atoms with Gasteiger partial charge in [-0.3, -0.25) is 9.69 Å². The Kier molecular flexibility index (Phi) is 6.36. The van der Waals surface area contributed by atoms with E-state index in [0.29, 0.717) is 10.8 Å². The Morgan fingerprint density at radius 2 is 1.67 bits per heavy atom. The van der Waals surface area contributed by atoms with Gasteiger partial charge in [0.15, 0.2) is 0 Å². The molecule has 1 saturated heterocycles. The van der Waals surface area contributed by atoms with Crippen LogP contribution < -0.4 is 5.32 Å². The molecule has 0 saturated carbocycles. The van der Waals surface area contributed by atoms with E-state index in [4.69, 9.17) is 11.6 Å². The Morgan fingerprint density at radius 3 is 2.40 bits per heavy atom. The number of carbonyl (C=O) groups is 1. The molecule has 1 amide bonds. The van der Waals surface area contributed by atoms with Crippen LogP contribution in [0.3, 0.4) is 0 Å². The zero-order valence-corrected chi connectivity index (χ0v) is 17.5. The predicted octanol–water partition coefficient (Wildman–Crippen LogP) is 5.56. The van der Waals surface area contributed by atoms with Crippen molar-refractivity contribution >= 4 is 23.2 Å². The van der Waals surface area contributed by atoms with Gasteiger partial charge < -0.3 is 10.4 Å². The number of amides is 1. The SMILES string of the molecule is O=C(Nc1cccc(-c2cccc(Cl)c2)c1)C1CCN(Cc2cccc(O)c2)CC1. The van der Waals surface area contributed by atoms with Crippen molar-refractivity contribution in [1.82, 2.24) is 4.90 Å². The number of nitrogens with one attached hydrogen (secondary N) is 1. The van der Waals surface area contributed by atoms with Gasteiger partial charge >= 0.3 is 0 Å². The quantitative estimate of drug-likeness (QED) is 0.567. The number of aromatic hydroxyl groups is 1. The molecule has 5 heteroatoms. The smallest absolute Gasteiger partial charge is 0.227 e. The van der Waals surface area contributed by atoms with Crippen molar-refractivity contribution in [3.05, 3.63) is 83.4 Å². The predicted molar refractivity (Wildman–Crippen MR) is 122 cm³/mol. The Labute approximate surface area is 182 Å². The Hall–Kier alpha value is -2.82. The minimum Gasteiger partial charge on any atom is -0.508 e. The molecule has 1 aliphatic rings. The molecule has 1 aliphatic heterocycles. The molecule has 4 nitrogen and oxygen atoms in total. The van der Waals surface area contributed by atoms with Crippen LogP contribution in [-0.2, 0) is 11.3 Å². The second kappa shape index (κ2) is 9.33. The molecule has 0 unspecified atom stereocenters. The summed E-state index contributed by atoms with van der Waals surface area (Å²) in [5.74, 6) is 0.386. The van der Waals surface area contributed by atoms with Gasteiger partial charge in [0.25, 0.3) is 0 Å². The van der Waals surface area contributed by atoms with E-state index in [1.54, 1.807) is 12.1 Å². The highest BCUT2D eigenvalue weighted by atomic mass is 35.5. The second-order valence-corrected chi connectivity index (χ2v) is 8.24. The molecular formula is C25H25ClN2O2. The average Bonchev–Trinajstić information content (AvgIpc) is 2.74. The van der Waals surface area contributed by atoms with Crippen molar-refractivity contribution in [2.45, 2.75) is 19.4 Å². The molecule has 4 rings (SSSR count). The first-order valence-corrected chi connectivity index (χ1v) is 10.6. The summed E-state index contributed by atoms with van der Waals surface area (Å²) in [6.07, 6.45) is 1.66. The third-order valence-electron chi connectivity index (χ3n) is 5.56. The Morgan fingerprint density at radius 1 is 0.967 bits per heavy atom. The van der Waals surface area contributed by atoms with Crippen LogP contribution in [0.2, 0.25) is 5.02 Å². The largest absolute Gasteiger partial charge is 0.508 e. The van der Waals surface area contributed by atoms with Gasteiger partial charge in [-0.2, -0.15) is 0 Å². The van der Waals surface area contributed by atoms with Crippen LogP contribution in [0.1, 0.15) is 18.4 Å². The fourth-order valence-corrected chi connectivity index (χ4v) is 4.15. The van der Waals surface area contributed by atoms with Crippen LogP contribution in [0.15, 0.2) is 72.8 Å². The number of benzene rings is 3. The first kappa shape index (κ1) is 20.5. The van der Waals surface area contributed by atoms with E-state index in [1.165, 1.54) is 0 Å². The number of halogens is 1. The van der Waals surface area contributed by atoms with Crippen molar-refractivity contribution in [2.24, 2.45) is 5.92 Å². The zero-order chi connectivity index (χ0) is 20.9. The molecule has 0 spiro atoms. The standard InChI is InChI=1S/C25H25ClN2O2/c26-22-7-2-5-20(15-22)21-6-3-8-23(16-21)27-25(30)19-10-12-28(13-11-19)17-18-4-1-9-24(29)14-18/h1-9,14-16,19,29H,10-13,17H2,(H,27,30). The van der Waals surface area contributed by atoms with Crippen LogP contribution in [0, 0.1) is 5.92 Å². The topological polar surface area (TPSA) is 52.6 Å². The second-order valence-electron chi connectivity index (χ2n) is 7.80. The van der Waals surface area contributed by atoms with E-state index < -0.39 is 0 Å². The summed E-state index contributed by atoms with van der Waals surface area (Å²) in [5, 5.41) is 13.4. The highest BCUT2D eigenvalue weighted by Gasteiger charge is 2.25. The summed E-state index contributed by atoms with van der Waals surface area (Å²) >= 11 is 6.10. The Bertz CT molecular complexity index is 1030. The number of likely N-dealkylation sites (tertiary alicyclic amines) is 1. The van der Waals surface area contributed by atoms with E-state index in [1.807, 2.05) is 60.7 Å². The maximum Gasteiger partial charge on any atom is 0.227 e. The first-order chi connectivity index (χ1) is 14.6. The molecular weight excluding hydrogens is 396 g/mol. The lowest BCUT2D eigenvalue weighted by molar-refractivity contribution is -0.121. The Balaban J connectivity index is 1.33. The van der Waals surface area contributed by atoms with Gasteiger partial charge in [0.2, 0.25) is 5.91 Å². The molecule has 1 fully saturated rings. The third kappa shape index (κ3) is 5.21. The summed E-state index contributed by atoms with van der Waals surface area (Å²) in [5.41, 5.74) is 3.95. The van der Waals surface area contributed by atoms with E-state index >= 15 is 0 Å². The van der Waals surface area contributed by atoms with Gasteiger partial charge in [-0.1, -0.05) is 48.0 Å². The summed E-state index contributed by atoms with van der Waals surface area (Å²) in [6, 6.07) is 22.9. The maximum atomic E-state index is 12.8. The number of carbonyl (C=O) groups excluding carboxylic acids is 1. The monoisotopic (exact) mass is 420 g/mol. The lowest BCUT2D eigenvalue weighted by Crippen LogP contribution is -2.37. The molecule has 3 aromatic rings. The number of piperidine rings is 1. The van der Waals surface area contributed by atoms with Gasteiger partial charge in [0, 0.05) is 23.2 Å². The molecule has 0 atom stereocenters. The lowest BCUT2D eigenvalue weighted by atomic mass is 9.95. The van der Waals surface area contributed by atoms with Gasteiger partial charge in [-0.25, -0.2) is 0 Å². The van der Waals surface area contributed by atoms with Gasteiger partial charge in [-0.05, 0) is 79.0 Å². The van der Waals surface area contributed by atoms with Crippen LogP contribution in [0.4, 0.5) is 5.69 Å². The molecule has 3 aromatic carbocycles. The summed E-state index contributed by atoms with van der Waals surface area (Å²) in [4.78, 5) is 15.1. The number of phenols is 1. The first-order valence-electron chi connectivity index (χ1n) is 10.2. The molecule has 154 valence electrons. The van der Waals surface area contributed by atoms with E-state index in [-0.39, 0.29) is 11.8 Å². The zero-order valence-electron chi connectivity index (χ0n) is 16.7. The van der Waals surface area contributed by atoms with Gasteiger partial charge in [0.05, 0.1) is 0 Å². The van der Waals surface area contributed by atoms with Crippen molar-refractivity contribution in [3.8, 4) is 16.9 Å². The van der Waals surface area contributed by atoms with Crippen LogP contribution in [0.5, 0.6) is 5.75 Å². The van der Waals surface area contributed by atoms with Gasteiger partial charge in [-0.15, -0.1) is 0 Å². The van der Waals surface area contributed by atoms with Crippen molar-refractivity contribution in [3.63, 3.8) is 0 Å². The number of hydrogen-bond acceptors (Lipinski definition) is 3. The van der Waals surface area contributed by atoms with E-state index in [9.17, 15) is 9.90 Å². The number of nitrogens with zero attached hydrogens (tertiary/aromatic N) is 1. The van der Waals surface area contributed by atoms with Crippen molar-refractivity contribution in [1.29, 1.82) is 0 Å². The van der Waals surface area contributed by atoms with Crippen molar-refractivity contribution in [2.75, 3.05) is 18.4 Å². The van der Waals surface area contributed by atoms with Crippen molar-refractivity contribution < 1.29 is 9.90 Å². The molecule has 0 bridgehead atoms.